The molecule has 134 valence electrons. The fourth-order valence-electron chi connectivity index (χ4n) is 2.51. The molecule has 1 atom stereocenters. The molecule has 5 heteroatoms. The van der Waals surface area contributed by atoms with Crippen molar-refractivity contribution in [1.29, 1.82) is 0 Å². The van der Waals surface area contributed by atoms with E-state index in [4.69, 9.17) is 27.9 Å². The van der Waals surface area contributed by atoms with Gasteiger partial charge >= 0.3 is 0 Å². The van der Waals surface area contributed by atoms with Gasteiger partial charge in [0, 0.05) is 11.1 Å². The second kappa shape index (κ2) is 9.12. The van der Waals surface area contributed by atoms with Gasteiger partial charge in [0.05, 0.1) is 11.1 Å². The Labute approximate surface area is 159 Å². The van der Waals surface area contributed by atoms with Gasteiger partial charge < -0.3 is 10.1 Å². The maximum atomic E-state index is 12.1. The molecule has 0 aliphatic heterocycles. The van der Waals surface area contributed by atoms with Gasteiger partial charge in [-0.2, -0.15) is 0 Å². The zero-order chi connectivity index (χ0) is 18.4. The summed E-state index contributed by atoms with van der Waals surface area (Å²) < 4.78 is 5.45. The van der Waals surface area contributed by atoms with Crippen LogP contribution in [0.25, 0.3) is 0 Å². The summed E-state index contributed by atoms with van der Waals surface area (Å²) in [5.74, 6) is 0.809. The molecule has 2 aromatic rings. The summed E-state index contributed by atoms with van der Waals surface area (Å²) in [6, 6.07) is 13.1. The van der Waals surface area contributed by atoms with Crippen molar-refractivity contribution in [3.05, 3.63) is 63.6 Å². The molecule has 0 spiro atoms. The molecule has 3 nitrogen and oxygen atoms in total. The minimum Gasteiger partial charge on any atom is -0.482 e. The lowest BCUT2D eigenvalue weighted by atomic mass is 10.00. The van der Waals surface area contributed by atoms with E-state index in [1.165, 1.54) is 5.56 Å². The number of rotatable bonds is 7. The number of carbonyl (C=O) groups is 1. The van der Waals surface area contributed by atoms with Gasteiger partial charge in [0.25, 0.3) is 5.91 Å². The van der Waals surface area contributed by atoms with Gasteiger partial charge in [0.15, 0.2) is 6.61 Å². The topological polar surface area (TPSA) is 38.3 Å². The van der Waals surface area contributed by atoms with Crippen LogP contribution in [0.4, 0.5) is 0 Å². The van der Waals surface area contributed by atoms with Crippen LogP contribution in [0.3, 0.4) is 0 Å². The summed E-state index contributed by atoms with van der Waals surface area (Å²) in [7, 11) is 0. The Bertz CT molecular complexity index is 714. The number of hydrogen-bond acceptors (Lipinski definition) is 2. The first-order valence-electron chi connectivity index (χ1n) is 8.31. The lowest BCUT2D eigenvalue weighted by Crippen LogP contribution is -2.31. The molecule has 0 radical (unpaired) electrons. The molecule has 0 aliphatic rings. The third kappa shape index (κ3) is 6.26. The highest BCUT2D eigenvalue weighted by Crippen LogP contribution is 2.27. The molecule has 2 aromatic carbocycles. The van der Waals surface area contributed by atoms with Crippen molar-refractivity contribution in [3.8, 4) is 5.75 Å². The molecule has 25 heavy (non-hydrogen) atoms. The Morgan fingerprint density at radius 1 is 1.08 bits per heavy atom. The number of carbonyl (C=O) groups excluding carboxylic acids is 1. The molecular weight excluding hydrogens is 357 g/mol. The van der Waals surface area contributed by atoms with E-state index in [1.54, 1.807) is 18.2 Å². The number of hydrogen-bond donors (Lipinski definition) is 1. The third-order valence-corrected chi connectivity index (χ3v) is 4.30. The molecule has 0 aliphatic carbocycles. The van der Waals surface area contributed by atoms with E-state index >= 15 is 0 Å². The fourth-order valence-corrected chi connectivity index (χ4v) is 2.85. The first kappa shape index (κ1) is 19.6. The molecule has 0 aromatic heterocycles. The molecule has 0 saturated heterocycles. The maximum Gasteiger partial charge on any atom is 0.258 e. The smallest absolute Gasteiger partial charge is 0.258 e. The van der Waals surface area contributed by atoms with E-state index in [-0.39, 0.29) is 18.6 Å². The van der Waals surface area contributed by atoms with Crippen molar-refractivity contribution < 1.29 is 9.53 Å². The molecule has 0 bridgehead atoms. The molecule has 0 fully saturated rings. The monoisotopic (exact) mass is 379 g/mol. The minimum absolute atomic E-state index is 0.0981. The normalized spacial score (nSPS) is 12.1. The zero-order valence-electron chi connectivity index (χ0n) is 14.7. The van der Waals surface area contributed by atoms with Gasteiger partial charge in [-0.3, -0.25) is 4.79 Å². The van der Waals surface area contributed by atoms with Crippen molar-refractivity contribution in [2.75, 3.05) is 6.61 Å². The summed E-state index contributed by atoms with van der Waals surface area (Å²) >= 11 is 11.9. The standard InChI is InChI=1S/C20H23Cl2NO2/c1-13(2)10-15-4-6-16(7-5-15)14(3)23-20(24)12-25-19-11-17(21)8-9-18(19)22/h4-9,11,13-14H,10,12H2,1-3H3,(H,23,24)/t14-/m0/s1. The average Bonchev–Trinajstić information content (AvgIpc) is 2.55. The Hall–Kier alpha value is -1.71. The van der Waals surface area contributed by atoms with Gasteiger partial charge in [0.1, 0.15) is 5.75 Å². The van der Waals surface area contributed by atoms with Crippen LogP contribution in [0, 0.1) is 5.92 Å². The third-order valence-electron chi connectivity index (χ3n) is 3.75. The van der Waals surface area contributed by atoms with E-state index < -0.39 is 0 Å². The van der Waals surface area contributed by atoms with E-state index in [2.05, 4.69) is 43.4 Å². The highest BCUT2D eigenvalue weighted by atomic mass is 35.5. The van der Waals surface area contributed by atoms with Crippen LogP contribution in [0.5, 0.6) is 5.75 Å². The lowest BCUT2D eigenvalue weighted by Gasteiger charge is -2.16. The summed E-state index contributed by atoms with van der Waals surface area (Å²) in [5, 5.41) is 3.85. The molecule has 0 unspecified atom stereocenters. The van der Waals surface area contributed by atoms with E-state index in [9.17, 15) is 4.79 Å². The van der Waals surface area contributed by atoms with Gasteiger partial charge in [-0.25, -0.2) is 0 Å². The summed E-state index contributed by atoms with van der Waals surface area (Å²) in [4.78, 5) is 12.1. The number of ether oxygens (including phenoxy) is 1. The zero-order valence-corrected chi connectivity index (χ0v) is 16.2. The molecule has 1 N–H and O–H groups in total. The van der Waals surface area contributed by atoms with Crippen LogP contribution >= 0.6 is 23.2 Å². The Morgan fingerprint density at radius 3 is 2.40 bits per heavy atom. The second-order valence-electron chi connectivity index (χ2n) is 6.49. The average molecular weight is 380 g/mol. The van der Waals surface area contributed by atoms with Crippen LogP contribution < -0.4 is 10.1 Å². The number of nitrogens with one attached hydrogen (secondary N) is 1. The van der Waals surface area contributed by atoms with Gasteiger partial charge in [-0.1, -0.05) is 61.3 Å². The number of benzene rings is 2. The van der Waals surface area contributed by atoms with E-state index in [0.29, 0.717) is 21.7 Å². The van der Waals surface area contributed by atoms with Gasteiger partial charge in [-0.15, -0.1) is 0 Å². The van der Waals surface area contributed by atoms with Crippen LogP contribution in [0.1, 0.15) is 37.9 Å². The van der Waals surface area contributed by atoms with Crippen LogP contribution in [-0.2, 0) is 11.2 Å². The first-order valence-corrected chi connectivity index (χ1v) is 9.06. The van der Waals surface area contributed by atoms with Crippen molar-refractivity contribution in [2.45, 2.75) is 33.2 Å². The predicted octanol–water partition coefficient (Wildman–Crippen LogP) is 5.45. The van der Waals surface area contributed by atoms with Crippen molar-refractivity contribution in [2.24, 2.45) is 5.92 Å². The SMILES string of the molecule is CC(C)Cc1ccc([C@H](C)NC(=O)COc2cc(Cl)ccc2Cl)cc1. The van der Waals surface area contributed by atoms with Gasteiger partial charge in [-0.05, 0) is 42.5 Å². The molecular formula is C20H23Cl2NO2. The lowest BCUT2D eigenvalue weighted by molar-refractivity contribution is -0.123. The Kier molecular flexibility index (Phi) is 7.15. The summed E-state index contributed by atoms with van der Waals surface area (Å²) in [6.07, 6.45) is 1.05. The summed E-state index contributed by atoms with van der Waals surface area (Å²) in [6.45, 7) is 6.23. The molecule has 1 amide bonds. The Balaban J connectivity index is 1.88. The largest absolute Gasteiger partial charge is 0.482 e. The summed E-state index contributed by atoms with van der Waals surface area (Å²) in [5.41, 5.74) is 2.36. The van der Waals surface area contributed by atoms with Gasteiger partial charge in [0.2, 0.25) is 0 Å². The predicted molar refractivity (Wildman–Crippen MR) is 103 cm³/mol. The number of amides is 1. The fraction of sp³-hybridized carbons (Fsp3) is 0.350. The molecule has 2 rings (SSSR count). The quantitative estimate of drug-likeness (QED) is 0.694. The van der Waals surface area contributed by atoms with Crippen molar-refractivity contribution in [3.63, 3.8) is 0 Å². The van der Waals surface area contributed by atoms with Crippen LogP contribution in [0.15, 0.2) is 42.5 Å². The van der Waals surface area contributed by atoms with Crippen molar-refractivity contribution in [1.82, 2.24) is 5.32 Å². The van der Waals surface area contributed by atoms with E-state index in [0.717, 1.165) is 12.0 Å². The second-order valence-corrected chi connectivity index (χ2v) is 7.34. The first-order chi connectivity index (χ1) is 11.8. The van der Waals surface area contributed by atoms with E-state index in [1.807, 2.05) is 6.92 Å². The Morgan fingerprint density at radius 2 is 1.76 bits per heavy atom. The maximum absolute atomic E-state index is 12.1. The number of halogens is 2. The van der Waals surface area contributed by atoms with Crippen molar-refractivity contribution >= 4 is 29.1 Å². The highest BCUT2D eigenvalue weighted by molar-refractivity contribution is 6.34. The van der Waals surface area contributed by atoms with Crippen LogP contribution in [-0.4, -0.2) is 12.5 Å². The van der Waals surface area contributed by atoms with Crippen LogP contribution in [0.2, 0.25) is 10.0 Å². The molecule has 0 heterocycles. The highest BCUT2D eigenvalue weighted by Gasteiger charge is 2.11. The minimum atomic E-state index is -0.213. The molecule has 0 saturated carbocycles.